The highest BCUT2D eigenvalue weighted by molar-refractivity contribution is 5.92. The summed E-state index contributed by atoms with van der Waals surface area (Å²) >= 11 is 0. The Bertz CT molecular complexity index is 463. The first-order valence-electron chi connectivity index (χ1n) is 5.85. The second-order valence-electron chi connectivity index (χ2n) is 4.64. The maximum atomic E-state index is 11.8. The number of carbonyl (C=O) groups is 2. The van der Waals surface area contributed by atoms with E-state index in [1.165, 1.54) is 0 Å². The van der Waals surface area contributed by atoms with Crippen molar-refractivity contribution in [3.8, 4) is 0 Å². The van der Waals surface area contributed by atoms with Crippen LogP contribution in [0.1, 0.15) is 38.0 Å². The van der Waals surface area contributed by atoms with Crippen LogP contribution in [0, 0.1) is 12.3 Å². The molecule has 0 saturated heterocycles. The molecule has 1 amide bonds. The van der Waals surface area contributed by atoms with Crippen LogP contribution < -0.4 is 5.32 Å². The van der Waals surface area contributed by atoms with E-state index in [0.29, 0.717) is 18.7 Å². The average Bonchev–Trinajstić information content (AvgIpc) is 2.89. The van der Waals surface area contributed by atoms with E-state index >= 15 is 0 Å². The van der Waals surface area contributed by atoms with Crippen molar-refractivity contribution in [2.45, 2.75) is 39.0 Å². The summed E-state index contributed by atoms with van der Waals surface area (Å²) in [7, 11) is 0. The van der Waals surface area contributed by atoms with Gasteiger partial charge in [0, 0.05) is 13.3 Å². The fourth-order valence-electron chi connectivity index (χ4n) is 2.34. The number of amides is 1. The van der Waals surface area contributed by atoms with Gasteiger partial charge in [-0.25, -0.2) is 0 Å². The zero-order chi connectivity index (χ0) is 13.2. The van der Waals surface area contributed by atoms with E-state index in [1.54, 1.807) is 6.92 Å². The Morgan fingerprint density at radius 1 is 1.39 bits per heavy atom. The first-order chi connectivity index (χ1) is 8.52. The number of carboxylic acid groups (broad SMARTS) is 1. The van der Waals surface area contributed by atoms with E-state index in [0.717, 1.165) is 12.8 Å². The van der Waals surface area contributed by atoms with Gasteiger partial charge in [-0.1, -0.05) is 17.9 Å². The highest BCUT2D eigenvalue weighted by atomic mass is 16.4. The lowest BCUT2D eigenvalue weighted by Crippen LogP contribution is -2.32. The highest BCUT2D eigenvalue weighted by Crippen LogP contribution is 2.41. The largest absolute Gasteiger partial charge is 0.481 e. The number of anilines is 1. The summed E-state index contributed by atoms with van der Waals surface area (Å²) in [5, 5.41) is 18.9. The molecule has 0 bridgehead atoms. The molecule has 7 nitrogen and oxygen atoms in total. The molecule has 1 saturated carbocycles. The van der Waals surface area contributed by atoms with Gasteiger partial charge in [-0.05, 0) is 12.8 Å². The smallest absolute Gasteiger partial charge is 0.322 e. The normalized spacial score (nSPS) is 17.6. The topological polar surface area (TPSA) is 105 Å². The molecule has 1 heterocycles. The molecule has 1 aromatic heterocycles. The third kappa shape index (κ3) is 2.49. The van der Waals surface area contributed by atoms with Gasteiger partial charge in [0.25, 0.3) is 0 Å². The van der Waals surface area contributed by atoms with Crippen molar-refractivity contribution >= 4 is 17.9 Å². The van der Waals surface area contributed by atoms with E-state index in [9.17, 15) is 14.7 Å². The van der Waals surface area contributed by atoms with E-state index in [-0.39, 0.29) is 12.4 Å². The fourth-order valence-corrected chi connectivity index (χ4v) is 2.34. The molecule has 1 fully saturated rings. The number of nitrogens with zero attached hydrogens (tertiary/aromatic N) is 2. The zero-order valence-electron chi connectivity index (χ0n) is 10.1. The van der Waals surface area contributed by atoms with Gasteiger partial charge in [-0.3, -0.25) is 14.9 Å². The van der Waals surface area contributed by atoms with Gasteiger partial charge in [-0.15, -0.1) is 5.10 Å². The van der Waals surface area contributed by atoms with Crippen molar-refractivity contribution in [2.75, 3.05) is 5.32 Å². The summed E-state index contributed by atoms with van der Waals surface area (Å²) in [5.41, 5.74) is -0.931. The lowest BCUT2D eigenvalue weighted by Gasteiger charge is -2.22. The lowest BCUT2D eigenvalue weighted by atomic mass is 9.82. The minimum atomic E-state index is -0.931. The Labute approximate surface area is 104 Å². The van der Waals surface area contributed by atoms with Gasteiger partial charge in [0.1, 0.15) is 0 Å². The number of carbonyl (C=O) groups excluding carboxylic acids is 1. The summed E-state index contributed by atoms with van der Waals surface area (Å²) < 4.78 is 5.01. The van der Waals surface area contributed by atoms with Gasteiger partial charge >= 0.3 is 12.0 Å². The number of carboxylic acids is 1. The summed E-state index contributed by atoms with van der Waals surface area (Å²) in [6.45, 7) is 1.61. The number of aliphatic carboxylic acids is 1. The van der Waals surface area contributed by atoms with Crippen LogP contribution in [0.3, 0.4) is 0 Å². The molecule has 0 spiro atoms. The van der Waals surface area contributed by atoms with Crippen LogP contribution in [0.15, 0.2) is 4.42 Å². The summed E-state index contributed by atoms with van der Waals surface area (Å²) in [6.07, 6.45) is 2.72. The number of aromatic nitrogens is 2. The molecule has 0 atom stereocenters. The minimum absolute atomic E-state index is 0.0102. The van der Waals surface area contributed by atoms with Crippen molar-refractivity contribution in [3.05, 3.63) is 5.89 Å². The van der Waals surface area contributed by atoms with Gasteiger partial charge in [0.05, 0.1) is 5.41 Å². The molecule has 1 aromatic rings. The Morgan fingerprint density at radius 2 is 2.06 bits per heavy atom. The molecule has 0 radical (unpaired) electrons. The molecule has 0 unspecified atom stereocenters. The van der Waals surface area contributed by atoms with Crippen molar-refractivity contribution < 1.29 is 19.1 Å². The van der Waals surface area contributed by atoms with Crippen molar-refractivity contribution in [3.63, 3.8) is 0 Å². The summed E-state index contributed by atoms with van der Waals surface area (Å²) in [4.78, 5) is 23.1. The number of rotatable bonds is 4. The number of nitrogens with one attached hydrogen (secondary N) is 1. The molecule has 1 aliphatic carbocycles. The van der Waals surface area contributed by atoms with E-state index in [2.05, 4.69) is 15.5 Å². The monoisotopic (exact) mass is 253 g/mol. The fraction of sp³-hybridized carbons (Fsp3) is 0.636. The molecule has 2 rings (SSSR count). The molecule has 7 heteroatoms. The number of hydrogen-bond acceptors (Lipinski definition) is 5. The minimum Gasteiger partial charge on any atom is -0.481 e. The van der Waals surface area contributed by atoms with Crippen LogP contribution in [0.25, 0.3) is 0 Å². The van der Waals surface area contributed by atoms with Gasteiger partial charge in [0.15, 0.2) is 0 Å². The lowest BCUT2D eigenvalue weighted by molar-refractivity contribution is -0.150. The second-order valence-corrected chi connectivity index (χ2v) is 4.64. The maximum Gasteiger partial charge on any atom is 0.322 e. The third-order valence-electron chi connectivity index (χ3n) is 3.29. The molecule has 98 valence electrons. The Morgan fingerprint density at radius 3 is 2.56 bits per heavy atom. The molecule has 0 aromatic carbocycles. The van der Waals surface area contributed by atoms with Gasteiger partial charge < -0.3 is 9.52 Å². The number of aryl methyl sites for hydroxylation is 1. The van der Waals surface area contributed by atoms with Crippen molar-refractivity contribution in [1.29, 1.82) is 0 Å². The molecule has 18 heavy (non-hydrogen) atoms. The first kappa shape index (κ1) is 12.5. The summed E-state index contributed by atoms with van der Waals surface area (Å²) in [5.74, 6) is -0.959. The highest BCUT2D eigenvalue weighted by Gasteiger charge is 2.43. The van der Waals surface area contributed by atoms with Crippen LogP contribution in [0.2, 0.25) is 0 Å². The Balaban J connectivity index is 1.99. The van der Waals surface area contributed by atoms with Crippen LogP contribution >= 0.6 is 0 Å². The molecule has 0 aliphatic heterocycles. The van der Waals surface area contributed by atoms with Crippen molar-refractivity contribution in [2.24, 2.45) is 5.41 Å². The van der Waals surface area contributed by atoms with E-state index in [1.807, 2.05) is 0 Å². The molecular weight excluding hydrogens is 238 g/mol. The van der Waals surface area contributed by atoms with E-state index in [4.69, 9.17) is 4.42 Å². The molecule has 1 aliphatic rings. The Hall–Kier alpha value is -1.92. The quantitative estimate of drug-likeness (QED) is 0.839. The second kappa shape index (κ2) is 4.75. The first-order valence-corrected chi connectivity index (χ1v) is 5.85. The van der Waals surface area contributed by atoms with Crippen LogP contribution in [0.5, 0.6) is 0 Å². The predicted octanol–water partition coefficient (Wildman–Crippen LogP) is 1.35. The zero-order valence-corrected chi connectivity index (χ0v) is 10.1. The van der Waals surface area contributed by atoms with Crippen LogP contribution in [-0.4, -0.2) is 27.2 Å². The third-order valence-corrected chi connectivity index (χ3v) is 3.29. The number of hydrogen-bond donors (Lipinski definition) is 2. The molecular formula is C11H15N3O4. The molecule has 2 N–H and O–H groups in total. The SMILES string of the molecule is Cc1nnc(NC(=O)CC2(C(=O)O)CCCC2)o1. The Kier molecular flexibility index (Phi) is 3.31. The van der Waals surface area contributed by atoms with Gasteiger partial charge in [-0.2, -0.15) is 0 Å². The van der Waals surface area contributed by atoms with Crippen LogP contribution in [0.4, 0.5) is 6.01 Å². The van der Waals surface area contributed by atoms with Crippen LogP contribution in [-0.2, 0) is 9.59 Å². The maximum absolute atomic E-state index is 11.8. The predicted molar refractivity (Wildman–Crippen MR) is 60.8 cm³/mol. The van der Waals surface area contributed by atoms with Crippen molar-refractivity contribution in [1.82, 2.24) is 10.2 Å². The van der Waals surface area contributed by atoms with Gasteiger partial charge in [0.2, 0.25) is 11.8 Å². The average molecular weight is 253 g/mol. The van der Waals surface area contributed by atoms with E-state index < -0.39 is 17.3 Å². The standard InChI is InChI=1S/C11H15N3O4/c1-7-13-14-10(18-7)12-8(15)6-11(9(16)17)4-2-3-5-11/h2-6H2,1H3,(H,16,17)(H,12,14,15). The summed E-state index contributed by atoms with van der Waals surface area (Å²) in [6, 6.07) is 0.0102.